The van der Waals surface area contributed by atoms with Gasteiger partial charge in [-0.2, -0.15) is 0 Å². The van der Waals surface area contributed by atoms with Gasteiger partial charge in [0.1, 0.15) is 12.1 Å². The minimum Gasteiger partial charge on any atom is -0.389 e. The first-order valence-electron chi connectivity index (χ1n) is 8.09. The molecular weight excluding hydrogens is 284 g/mol. The normalized spacial score (nSPS) is 40.2. The lowest BCUT2D eigenvalue weighted by Gasteiger charge is -2.42. The van der Waals surface area contributed by atoms with Gasteiger partial charge in [-0.3, -0.25) is 0 Å². The van der Waals surface area contributed by atoms with Crippen LogP contribution in [0.3, 0.4) is 0 Å². The van der Waals surface area contributed by atoms with E-state index < -0.39 is 6.10 Å². The maximum absolute atomic E-state index is 10.9. The molecule has 1 aromatic heterocycles. The van der Waals surface area contributed by atoms with Crippen molar-refractivity contribution in [2.24, 2.45) is 0 Å². The Morgan fingerprint density at radius 2 is 2.14 bits per heavy atom. The molecule has 2 bridgehead atoms. The number of fused-ring (bicyclic) bond motifs is 2. The van der Waals surface area contributed by atoms with Crippen LogP contribution >= 0.6 is 0 Å². The van der Waals surface area contributed by atoms with Crippen molar-refractivity contribution in [3.8, 4) is 0 Å². The molecule has 3 saturated heterocycles. The molecule has 3 aliphatic rings. The summed E-state index contributed by atoms with van der Waals surface area (Å²) in [4.78, 5) is 6.42. The first-order valence-corrected chi connectivity index (χ1v) is 8.09. The molecule has 22 heavy (non-hydrogen) atoms. The minimum absolute atomic E-state index is 0.0700. The fraction of sp³-hybridized carbons (Fsp3) is 0.800. The zero-order valence-electron chi connectivity index (χ0n) is 12.8. The fourth-order valence-electron chi connectivity index (χ4n) is 3.82. The van der Waals surface area contributed by atoms with Crippen molar-refractivity contribution in [1.29, 1.82) is 0 Å². The van der Waals surface area contributed by atoms with Crippen molar-refractivity contribution in [1.82, 2.24) is 19.8 Å². The summed E-state index contributed by atoms with van der Waals surface area (Å²) in [6.07, 6.45) is 6.49. The Morgan fingerprint density at radius 1 is 1.32 bits per heavy atom. The van der Waals surface area contributed by atoms with Gasteiger partial charge in [0, 0.05) is 18.4 Å². The second-order valence-corrected chi connectivity index (χ2v) is 6.64. The van der Waals surface area contributed by atoms with Crippen molar-refractivity contribution >= 4 is 0 Å². The molecule has 0 aromatic carbocycles. The summed E-state index contributed by atoms with van der Waals surface area (Å²) in [6, 6.07) is 0.0876. The Kier molecular flexibility index (Phi) is 3.91. The molecule has 4 heterocycles. The highest BCUT2D eigenvalue weighted by Gasteiger charge is 2.51. The lowest BCUT2D eigenvalue weighted by atomic mass is 9.93. The lowest BCUT2D eigenvalue weighted by molar-refractivity contribution is -0.166. The third-order valence-corrected chi connectivity index (χ3v) is 5.15. The van der Waals surface area contributed by atoms with Crippen LogP contribution in [0, 0.1) is 0 Å². The Labute approximate surface area is 130 Å². The zero-order chi connectivity index (χ0) is 15.1. The number of hydrogen-bond donors (Lipinski definition) is 2. The molecule has 0 radical (unpaired) electrons. The van der Waals surface area contributed by atoms with E-state index in [2.05, 4.69) is 22.2 Å². The van der Waals surface area contributed by atoms with E-state index in [9.17, 15) is 5.11 Å². The minimum atomic E-state index is -0.542. The summed E-state index contributed by atoms with van der Waals surface area (Å²) >= 11 is 0. The van der Waals surface area contributed by atoms with Crippen molar-refractivity contribution in [2.45, 2.75) is 49.5 Å². The molecule has 3 fully saturated rings. The predicted octanol–water partition coefficient (Wildman–Crippen LogP) is -0.407. The smallest absolute Gasteiger partial charge is 0.181 e. The van der Waals surface area contributed by atoms with Crippen LogP contribution in [-0.2, 0) is 9.47 Å². The fourth-order valence-corrected chi connectivity index (χ4v) is 3.82. The highest BCUT2D eigenvalue weighted by molar-refractivity contribution is 5.02. The van der Waals surface area contributed by atoms with Gasteiger partial charge in [0.05, 0.1) is 25.1 Å². The third-order valence-electron chi connectivity index (χ3n) is 5.15. The maximum Gasteiger partial charge on any atom is 0.181 e. The Balaban J connectivity index is 1.49. The van der Waals surface area contributed by atoms with Crippen molar-refractivity contribution in [3.63, 3.8) is 0 Å². The zero-order valence-corrected chi connectivity index (χ0v) is 12.8. The molecule has 7 heteroatoms. The van der Waals surface area contributed by atoms with Crippen molar-refractivity contribution in [2.75, 3.05) is 26.7 Å². The van der Waals surface area contributed by atoms with E-state index >= 15 is 0 Å². The Hall–Kier alpha value is -0.990. The summed E-state index contributed by atoms with van der Waals surface area (Å²) in [5.74, 6) is 0. The van der Waals surface area contributed by atoms with Gasteiger partial charge in [-0.15, -0.1) is 0 Å². The van der Waals surface area contributed by atoms with E-state index in [0.29, 0.717) is 12.6 Å². The van der Waals surface area contributed by atoms with Crippen LogP contribution in [0.15, 0.2) is 18.7 Å². The monoisotopic (exact) mass is 308 g/mol. The second kappa shape index (κ2) is 5.90. The van der Waals surface area contributed by atoms with E-state index in [4.69, 9.17) is 9.47 Å². The topological polar surface area (TPSA) is 71.8 Å². The van der Waals surface area contributed by atoms with Gasteiger partial charge < -0.3 is 29.4 Å². The Bertz CT molecular complexity index is 489. The van der Waals surface area contributed by atoms with Crippen LogP contribution in [0.4, 0.5) is 0 Å². The van der Waals surface area contributed by atoms with Gasteiger partial charge in [0.15, 0.2) is 6.29 Å². The molecule has 3 aliphatic heterocycles. The van der Waals surface area contributed by atoms with Crippen LogP contribution in [0.5, 0.6) is 0 Å². The number of hydrogen-bond acceptors (Lipinski definition) is 6. The maximum atomic E-state index is 10.9. The number of rotatable bonds is 3. The number of nitrogens with one attached hydrogen (secondary N) is 1. The van der Waals surface area contributed by atoms with E-state index in [1.807, 2.05) is 10.8 Å². The summed E-state index contributed by atoms with van der Waals surface area (Å²) in [7, 11) is 2.15. The molecule has 4 rings (SSSR count). The van der Waals surface area contributed by atoms with Crippen molar-refractivity contribution < 1.29 is 14.6 Å². The lowest BCUT2D eigenvalue weighted by Crippen LogP contribution is -2.60. The van der Waals surface area contributed by atoms with Gasteiger partial charge in [-0.05, 0) is 33.0 Å². The molecule has 2 N–H and O–H groups in total. The number of piperidine rings is 1. The molecule has 0 amide bonds. The number of aliphatic hydroxyl groups is 1. The number of imidazole rings is 1. The van der Waals surface area contributed by atoms with E-state index in [1.54, 1.807) is 12.5 Å². The molecule has 0 saturated carbocycles. The highest BCUT2D eigenvalue weighted by Crippen LogP contribution is 2.36. The standard InChI is InChI=1S/C15H24N4O3/c1-18-5-2-10(3-6-18)17-12-11-8-21-15(22-11)13(14(12)20)19-7-4-16-9-19/h4,7,9-15,17,20H,2-3,5-6,8H2,1H3. The summed E-state index contributed by atoms with van der Waals surface area (Å²) in [5.41, 5.74) is 0. The van der Waals surface area contributed by atoms with Crippen LogP contribution in [0.25, 0.3) is 0 Å². The van der Waals surface area contributed by atoms with E-state index in [1.165, 1.54) is 0 Å². The third kappa shape index (κ3) is 2.57. The number of aromatic nitrogens is 2. The molecule has 122 valence electrons. The van der Waals surface area contributed by atoms with Crippen molar-refractivity contribution in [3.05, 3.63) is 18.7 Å². The molecular formula is C15H24N4O3. The van der Waals surface area contributed by atoms with E-state index in [0.717, 1.165) is 25.9 Å². The largest absolute Gasteiger partial charge is 0.389 e. The molecule has 7 nitrogen and oxygen atoms in total. The number of aliphatic hydroxyl groups excluding tert-OH is 1. The predicted molar refractivity (Wildman–Crippen MR) is 79.3 cm³/mol. The van der Waals surface area contributed by atoms with Crippen LogP contribution in [0.1, 0.15) is 18.9 Å². The van der Waals surface area contributed by atoms with Crippen LogP contribution in [-0.4, -0.2) is 76.9 Å². The Morgan fingerprint density at radius 3 is 2.86 bits per heavy atom. The van der Waals surface area contributed by atoms with Gasteiger partial charge >= 0.3 is 0 Å². The molecule has 5 atom stereocenters. The quantitative estimate of drug-likeness (QED) is 0.791. The number of nitrogens with zero attached hydrogens (tertiary/aromatic N) is 3. The number of ether oxygens (including phenoxy) is 2. The average Bonchev–Trinajstić information content (AvgIpc) is 3.17. The van der Waals surface area contributed by atoms with Gasteiger partial charge in [-0.25, -0.2) is 4.98 Å². The summed E-state index contributed by atoms with van der Waals surface area (Å²) in [5, 5.41) is 14.5. The highest BCUT2D eigenvalue weighted by atomic mass is 16.7. The molecule has 0 aliphatic carbocycles. The first-order chi connectivity index (χ1) is 10.7. The van der Waals surface area contributed by atoms with Gasteiger partial charge in [0.25, 0.3) is 0 Å². The molecule has 0 spiro atoms. The van der Waals surface area contributed by atoms with Crippen LogP contribution in [0.2, 0.25) is 0 Å². The average molecular weight is 308 g/mol. The molecule has 1 aromatic rings. The summed E-state index contributed by atoms with van der Waals surface area (Å²) in [6.45, 7) is 2.73. The number of likely N-dealkylation sites (tertiary alicyclic amines) is 1. The van der Waals surface area contributed by atoms with E-state index in [-0.39, 0.29) is 24.5 Å². The van der Waals surface area contributed by atoms with Crippen LogP contribution < -0.4 is 5.32 Å². The molecule has 5 unspecified atom stereocenters. The van der Waals surface area contributed by atoms with Gasteiger partial charge in [-0.1, -0.05) is 0 Å². The first kappa shape index (κ1) is 14.6. The SMILES string of the molecule is CN1CCC(NC2C3COC(O3)C(n3ccnc3)C2O)CC1. The second-order valence-electron chi connectivity index (χ2n) is 6.64. The summed E-state index contributed by atoms with van der Waals surface area (Å²) < 4.78 is 13.6. The van der Waals surface area contributed by atoms with Gasteiger partial charge in [0.2, 0.25) is 0 Å².